The maximum Gasteiger partial charge on any atom is 0.269 e. The van der Waals surface area contributed by atoms with Crippen molar-refractivity contribution in [2.24, 2.45) is 4.99 Å². The van der Waals surface area contributed by atoms with E-state index in [0.29, 0.717) is 0 Å². The maximum absolute atomic E-state index is 12.7. The summed E-state index contributed by atoms with van der Waals surface area (Å²) >= 11 is 1.84. The van der Waals surface area contributed by atoms with Crippen molar-refractivity contribution in [3.63, 3.8) is 0 Å². The standard InChI is InChI=1S/C66H65BN4OS.Pt/c1-39-47-37-49-45-27-21-31-68-62(45)71(55(49)38-56(47)73-60(39)41-24-18-15-19-25-41)57-36-44(65(8,9)10)35-54(69-57)46-26-20-28-53-58(46)70-61(50-33-43(64(5,6)7)34-51(59(50)72)66(11,12)13)67(53)52-30-29-42(63(2,3)4)32-48(52)40-22-16-14-17-23-40;/h14-38,72H,1-13H3;. The van der Waals surface area contributed by atoms with Gasteiger partial charge in [0.2, 0.25) is 0 Å². The van der Waals surface area contributed by atoms with Crippen molar-refractivity contribution in [3.05, 3.63) is 185 Å². The van der Waals surface area contributed by atoms with Crippen LogP contribution in [-0.4, -0.2) is 32.0 Å². The molecule has 0 unspecified atom stereocenters. The zero-order chi connectivity index (χ0) is 51.5. The second kappa shape index (κ2) is 18.5. The number of nitrogens with zero attached hydrogens (tertiary/aromatic N) is 4. The van der Waals surface area contributed by atoms with Gasteiger partial charge >= 0.3 is 0 Å². The van der Waals surface area contributed by atoms with Gasteiger partial charge in [-0.2, -0.15) is 0 Å². The molecule has 4 aromatic heterocycles. The van der Waals surface area contributed by atoms with Gasteiger partial charge in [0, 0.05) is 69.9 Å². The Kier molecular flexibility index (Phi) is 12.8. The van der Waals surface area contributed by atoms with Crippen LogP contribution in [0.3, 0.4) is 0 Å². The number of phenols is 1. The molecule has 0 aliphatic carbocycles. The Bertz CT molecular complexity index is 3860. The van der Waals surface area contributed by atoms with Crippen molar-refractivity contribution in [2.75, 3.05) is 0 Å². The van der Waals surface area contributed by atoms with Gasteiger partial charge in [0.05, 0.1) is 16.9 Å². The first kappa shape index (κ1) is 51.1. The van der Waals surface area contributed by atoms with Crippen molar-refractivity contribution < 1.29 is 26.2 Å². The average molecular weight is 1170 g/mol. The minimum atomic E-state index is -0.329. The third-order valence-corrected chi connectivity index (χ3v) is 16.4. The Balaban J connectivity index is 0.00000626. The number of benzene rings is 6. The van der Waals surface area contributed by atoms with Crippen LogP contribution >= 0.6 is 11.3 Å². The molecule has 1 N–H and O–H groups in total. The zero-order valence-corrected chi connectivity index (χ0v) is 48.1. The van der Waals surface area contributed by atoms with Crippen LogP contribution in [0.15, 0.2) is 157 Å². The molecule has 0 atom stereocenters. The zero-order valence-electron chi connectivity index (χ0n) is 45.0. The van der Waals surface area contributed by atoms with Crippen LogP contribution < -0.4 is 10.9 Å². The monoisotopic (exact) mass is 1170 g/mol. The number of phenolic OH excluding ortho intramolecular Hbond substituents is 1. The van der Waals surface area contributed by atoms with Crippen molar-refractivity contribution in [1.29, 1.82) is 0 Å². The van der Waals surface area contributed by atoms with E-state index in [9.17, 15) is 5.11 Å². The third-order valence-electron chi connectivity index (χ3n) is 15.1. The molecule has 11 rings (SSSR count). The number of aryl methyl sites for hydroxylation is 1. The van der Waals surface area contributed by atoms with Gasteiger partial charge in [0.15, 0.2) is 0 Å². The fourth-order valence-electron chi connectivity index (χ4n) is 10.8. The Morgan fingerprint density at radius 1 is 0.541 bits per heavy atom. The minimum Gasteiger partial charge on any atom is -0.507 e. The van der Waals surface area contributed by atoms with Gasteiger partial charge in [-0.25, -0.2) is 9.97 Å². The first-order valence-electron chi connectivity index (χ1n) is 25.8. The van der Waals surface area contributed by atoms with E-state index >= 15 is 0 Å². The molecule has 8 heteroatoms. The second-order valence-corrected chi connectivity index (χ2v) is 25.4. The third kappa shape index (κ3) is 8.88. The summed E-state index contributed by atoms with van der Waals surface area (Å²) < 4.78 is 3.50. The van der Waals surface area contributed by atoms with Crippen LogP contribution in [0.25, 0.3) is 70.7 Å². The molecular formula is C66H65BN4OPtS. The van der Waals surface area contributed by atoms with Gasteiger partial charge in [0.25, 0.3) is 6.71 Å². The van der Waals surface area contributed by atoms with Gasteiger partial charge in [-0.1, -0.05) is 192 Å². The van der Waals surface area contributed by atoms with Crippen LogP contribution in [0.1, 0.15) is 116 Å². The summed E-state index contributed by atoms with van der Waals surface area (Å²) in [6.45, 7) is 28.9. The molecule has 5 nitrogen and oxygen atoms in total. The minimum absolute atomic E-state index is 0. The summed E-state index contributed by atoms with van der Waals surface area (Å²) in [6.07, 6.45) is 1.89. The quantitative estimate of drug-likeness (QED) is 0.169. The van der Waals surface area contributed by atoms with Gasteiger partial charge in [-0.3, -0.25) is 9.56 Å². The van der Waals surface area contributed by atoms with Crippen LogP contribution in [0.2, 0.25) is 0 Å². The van der Waals surface area contributed by atoms with E-state index < -0.39 is 0 Å². The van der Waals surface area contributed by atoms with E-state index in [-0.39, 0.29) is 55.2 Å². The van der Waals surface area contributed by atoms with Crippen LogP contribution in [0.5, 0.6) is 5.75 Å². The molecule has 10 aromatic rings. The normalized spacial score (nSPS) is 13.2. The van der Waals surface area contributed by atoms with E-state index in [1.54, 1.807) is 0 Å². The number of fused-ring (bicyclic) bond motifs is 5. The van der Waals surface area contributed by atoms with E-state index in [0.717, 1.165) is 94.6 Å². The summed E-state index contributed by atoms with van der Waals surface area (Å²) in [7, 11) is 0. The topological polar surface area (TPSA) is 63.3 Å². The Hall–Kier alpha value is -6.40. The summed E-state index contributed by atoms with van der Waals surface area (Å²) in [4.78, 5) is 17.9. The SMILES string of the molecule is Cc1c(-c2ccccc2)sc2cc3c(cc12)c1cccnc1n3-c1cc(C(C)(C)C)cc(-c2cccc3c2N=C(c2cc(C(C)(C)C)cc(C(C)(C)C)c2O)B3c2ccc(C(C)(C)C)cc2-c2ccccc2)n1.[Pt]. The molecule has 0 fully saturated rings. The van der Waals surface area contributed by atoms with Crippen molar-refractivity contribution in [1.82, 2.24) is 14.5 Å². The van der Waals surface area contributed by atoms with Gasteiger partial charge in [-0.05, 0) is 121 Å². The molecule has 0 amide bonds. The molecule has 5 heterocycles. The summed E-state index contributed by atoms with van der Waals surface area (Å²) in [5, 5.41) is 16.2. The molecule has 0 radical (unpaired) electrons. The smallest absolute Gasteiger partial charge is 0.269 e. The number of aliphatic imine (C=N–C) groups is 1. The van der Waals surface area contributed by atoms with Gasteiger partial charge in [-0.15, -0.1) is 11.3 Å². The van der Waals surface area contributed by atoms with E-state index in [1.807, 2.05) is 23.6 Å². The van der Waals surface area contributed by atoms with Crippen molar-refractivity contribution >= 4 is 72.3 Å². The number of hydrogen-bond donors (Lipinski definition) is 1. The molecule has 0 bridgehead atoms. The van der Waals surface area contributed by atoms with Crippen LogP contribution in [0, 0.1) is 6.92 Å². The molecule has 0 saturated heterocycles. The largest absolute Gasteiger partial charge is 0.507 e. The number of hydrogen-bond acceptors (Lipinski definition) is 5. The number of thiophene rings is 1. The molecule has 374 valence electrons. The predicted molar refractivity (Wildman–Crippen MR) is 313 cm³/mol. The number of aromatic hydroxyl groups is 1. The fourth-order valence-corrected chi connectivity index (χ4v) is 12.0. The number of rotatable bonds is 6. The number of aromatic nitrogens is 3. The van der Waals surface area contributed by atoms with Crippen LogP contribution in [-0.2, 0) is 42.7 Å². The fraction of sp³-hybridized carbons (Fsp3) is 0.258. The van der Waals surface area contributed by atoms with Crippen molar-refractivity contribution in [3.8, 4) is 44.4 Å². The van der Waals surface area contributed by atoms with E-state index in [2.05, 4.69) is 234 Å². The van der Waals surface area contributed by atoms with Gasteiger partial charge in [0.1, 0.15) is 17.2 Å². The molecule has 6 aromatic carbocycles. The second-order valence-electron chi connectivity index (χ2n) is 24.4. The first-order valence-corrected chi connectivity index (χ1v) is 26.6. The summed E-state index contributed by atoms with van der Waals surface area (Å²) in [5.74, 6) is 1.09. The Morgan fingerprint density at radius 2 is 1.19 bits per heavy atom. The predicted octanol–water partition coefficient (Wildman–Crippen LogP) is 16.3. The molecule has 1 aliphatic heterocycles. The maximum atomic E-state index is 12.7. The van der Waals surface area contributed by atoms with E-state index in [4.69, 9.17) is 15.0 Å². The Morgan fingerprint density at radius 3 is 1.85 bits per heavy atom. The first-order chi connectivity index (χ1) is 34.6. The van der Waals surface area contributed by atoms with Gasteiger partial charge < -0.3 is 5.11 Å². The average Bonchev–Trinajstić information content (AvgIpc) is 4.01. The molecule has 0 spiro atoms. The molecule has 0 saturated carbocycles. The van der Waals surface area contributed by atoms with E-state index in [1.165, 1.54) is 31.7 Å². The molecular weight excluding hydrogens is 1100 g/mol. The molecule has 1 aliphatic rings. The Labute approximate surface area is 456 Å². The van der Waals surface area contributed by atoms with Crippen molar-refractivity contribution in [2.45, 2.75) is 112 Å². The molecule has 74 heavy (non-hydrogen) atoms. The summed E-state index contributed by atoms with van der Waals surface area (Å²) in [6, 6.07) is 52.9. The van der Waals surface area contributed by atoms with Crippen LogP contribution in [0.4, 0.5) is 5.69 Å². The summed E-state index contributed by atoms with van der Waals surface area (Å²) in [5.41, 5.74) is 16.9. The number of pyridine rings is 2. The number of para-hydroxylation sites is 1.